The standard InChI is InChI=1S/C14H14INO2S/c1-9(10-4-3-5-12(6-10)18-2)16-14(17)11-7-13(15)19-8-11/h3-9H,1-2H3,(H,16,17). The number of halogens is 1. The molecule has 0 saturated heterocycles. The van der Waals surface area contributed by atoms with Crippen molar-refractivity contribution in [3.63, 3.8) is 0 Å². The van der Waals surface area contributed by atoms with E-state index in [0.29, 0.717) is 5.56 Å². The van der Waals surface area contributed by atoms with E-state index in [1.807, 2.05) is 42.6 Å². The van der Waals surface area contributed by atoms with Crippen molar-refractivity contribution in [1.82, 2.24) is 5.32 Å². The second-order valence-corrected chi connectivity index (χ2v) is 6.92. The molecule has 5 heteroatoms. The molecule has 1 aromatic heterocycles. The Kier molecular flexibility index (Phi) is 4.81. The number of rotatable bonds is 4. The fourth-order valence-corrected chi connectivity index (χ4v) is 3.03. The summed E-state index contributed by atoms with van der Waals surface area (Å²) in [5, 5.41) is 4.86. The summed E-state index contributed by atoms with van der Waals surface area (Å²) in [6, 6.07) is 9.55. The minimum absolute atomic E-state index is 0.0468. The average molecular weight is 387 g/mol. The van der Waals surface area contributed by atoms with Crippen molar-refractivity contribution in [3.8, 4) is 5.75 Å². The van der Waals surface area contributed by atoms with Gasteiger partial charge in [0.1, 0.15) is 5.75 Å². The first-order valence-electron chi connectivity index (χ1n) is 5.79. The number of carbonyl (C=O) groups excluding carboxylic acids is 1. The summed E-state index contributed by atoms with van der Waals surface area (Å²) in [6.07, 6.45) is 0. The van der Waals surface area contributed by atoms with Gasteiger partial charge in [0.25, 0.3) is 5.91 Å². The van der Waals surface area contributed by atoms with Crippen LogP contribution in [0.25, 0.3) is 0 Å². The molecule has 1 amide bonds. The second-order valence-electron chi connectivity index (χ2n) is 4.11. The Hall–Kier alpha value is -1.08. The van der Waals surface area contributed by atoms with Crippen LogP contribution in [0.15, 0.2) is 35.7 Å². The number of thiophene rings is 1. The molecule has 100 valence electrons. The molecule has 0 bridgehead atoms. The second kappa shape index (κ2) is 6.38. The fraction of sp³-hybridized carbons (Fsp3) is 0.214. The third-order valence-corrected chi connectivity index (χ3v) is 4.56. The highest BCUT2D eigenvalue weighted by Crippen LogP contribution is 2.20. The highest BCUT2D eigenvalue weighted by atomic mass is 127. The van der Waals surface area contributed by atoms with Crippen LogP contribution in [-0.4, -0.2) is 13.0 Å². The van der Waals surface area contributed by atoms with E-state index in [1.54, 1.807) is 18.4 Å². The van der Waals surface area contributed by atoms with E-state index in [0.717, 1.165) is 14.2 Å². The molecule has 19 heavy (non-hydrogen) atoms. The predicted molar refractivity (Wildman–Crippen MR) is 85.9 cm³/mol. The number of nitrogens with one attached hydrogen (secondary N) is 1. The molecule has 1 atom stereocenters. The normalized spacial score (nSPS) is 11.9. The summed E-state index contributed by atoms with van der Waals surface area (Å²) in [5.41, 5.74) is 1.74. The van der Waals surface area contributed by atoms with Gasteiger partial charge in [-0.15, -0.1) is 11.3 Å². The Balaban J connectivity index is 2.08. The fourth-order valence-electron chi connectivity index (χ4n) is 1.70. The third kappa shape index (κ3) is 3.70. The Bertz CT molecular complexity index is 582. The van der Waals surface area contributed by atoms with Crippen LogP contribution in [0.5, 0.6) is 5.75 Å². The van der Waals surface area contributed by atoms with Gasteiger partial charge in [-0.3, -0.25) is 4.79 Å². The molecule has 1 heterocycles. The van der Waals surface area contributed by atoms with Gasteiger partial charge in [-0.05, 0) is 53.3 Å². The first-order valence-corrected chi connectivity index (χ1v) is 7.75. The molecule has 1 unspecified atom stereocenters. The zero-order chi connectivity index (χ0) is 13.8. The number of hydrogen-bond acceptors (Lipinski definition) is 3. The van der Waals surface area contributed by atoms with Gasteiger partial charge >= 0.3 is 0 Å². The maximum Gasteiger partial charge on any atom is 0.252 e. The highest BCUT2D eigenvalue weighted by Gasteiger charge is 2.13. The van der Waals surface area contributed by atoms with Gasteiger partial charge in [0.15, 0.2) is 0 Å². The molecule has 1 N–H and O–H groups in total. The van der Waals surface area contributed by atoms with Gasteiger partial charge in [0, 0.05) is 5.38 Å². The molecular weight excluding hydrogens is 373 g/mol. The summed E-state index contributed by atoms with van der Waals surface area (Å²) in [7, 11) is 1.63. The molecule has 0 aliphatic heterocycles. The van der Waals surface area contributed by atoms with E-state index in [2.05, 4.69) is 27.9 Å². The Labute approximate surface area is 130 Å². The van der Waals surface area contributed by atoms with E-state index in [-0.39, 0.29) is 11.9 Å². The zero-order valence-electron chi connectivity index (χ0n) is 10.6. The van der Waals surface area contributed by atoms with Crippen LogP contribution in [0, 0.1) is 2.88 Å². The molecule has 0 aliphatic carbocycles. The number of carbonyl (C=O) groups is 1. The Morgan fingerprint density at radius 3 is 2.84 bits per heavy atom. The first-order chi connectivity index (χ1) is 9.10. The molecular formula is C14H14INO2S. The largest absolute Gasteiger partial charge is 0.497 e. The van der Waals surface area contributed by atoms with Gasteiger partial charge < -0.3 is 10.1 Å². The highest BCUT2D eigenvalue weighted by molar-refractivity contribution is 14.1. The van der Waals surface area contributed by atoms with E-state index in [4.69, 9.17) is 4.74 Å². The molecule has 0 radical (unpaired) electrons. The Morgan fingerprint density at radius 1 is 1.42 bits per heavy atom. The molecule has 1 aromatic carbocycles. The zero-order valence-corrected chi connectivity index (χ0v) is 13.6. The van der Waals surface area contributed by atoms with Crippen molar-refractivity contribution >= 4 is 39.8 Å². The van der Waals surface area contributed by atoms with E-state index in [1.165, 1.54) is 0 Å². The molecule has 2 rings (SSSR count). The summed E-state index contributed by atoms with van der Waals surface area (Å²) < 4.78 is 6.29. The monoisotopic (exact) mass is 387 g/mol. The third-order valence-electron chi connectivity index (χ3n) is 2.77. The lowest BCUT2D eigenvalue weighted by Gasteiger charge is -2.14. The van der Waals surface area contributed by atoms with Crippen molar-refractivity contribution in [2.24, 2.45) is 0 Å². The lowest BCUT2D eigenvalue weighted by atomic mass is 10.1. The Morgan fingerprint density at radius 2 is 2.21 bits per heavy atom. The molecule has 0 spiro atoms. The van der Waals surface area contributed by atoms with Crippen molar-refractivity contribution in [1.29, 1.82) is 0 Å². The first kappa shape index (κ1) is 14.3. The van der Waals surface area contributed by atoms with Crippen LogP contribution in [-0.2, 0) is 0 Å². The molecule has 0 fully saturated rings. The van der Waals surface area contributed by atoms with Gasteiger partial charge in [-0.2, -0.15) is 0 Å². The number of hydrogen-bond donors (Lipinski definition) is 1. The number of amides is 1. The number of methoxy groups -OCH3 is 1. The maximum atomic E-state index is 12.1. The SMILES string of the molecule is COc1cccc(C(C)NC(=O)c2csc(I)c2)c1. The minimum Gasteiger partial charge on any atom is -0.497 e. The summed E-state index contributed by atoms with van der Waals surface area (Å²) >= 11 is 3.78. The van der Waals surface area contributed by atoms with Crippen molar-refractivity contribution in [2.75, 3.05) is 7.11 Å². The number of ether oxygens (including phenoxy) is 1. The molecule has 2 aromatic rings. The topological polar surface area (TPSA) is 38.3 Å². The van der Waals surface area contributed by atoms with Crippen molar-refractivity contribution in [2.45, 2.75) is 13.0 Å². The average Bonchev–Trinajstić information content (AvgIpc) is 2.85. The molecule has 0 saturated carbocycles. The minimum atomic E-state index is -0.0554. The van der Waals surface area contributed by atoms with Gasteiger partial charge in [-0.25, -0.2) is 0 Å². The number of benzene rings is 1. The van der Waals surface area contributed by atoms with Crippen LogP contribution in [0.3, 0.4) is 0 Å². The smallest absolute Gasteiger partial charge is 0.252 e. The van der Waals surface area contributed by atoms with Crippen molar-refractivity contribution in [3.05, 3.63) is 49.7 Å². The van der Waals surface area contributed by atoms with E-state index >= 15 is 0 Å². The van der Waals surface area contributed by atoms with Crippen LogP contribution in [0.2, 0.25) is 0 Å². The van der Waals surface area contributed by atoms with Crippen LogP contribution >= 0.6 is 33.9 Å². The molecule has 0 aliphatic rings. The van der Waals surface area contributed by atoms with Gasteiger partial charge in [-0.1, -0.05) is 12.1 Å². The quantitative estimate of drug-likeness (QED) is 0.810. The summed E-state index contributed by atoms with van der Waals surface area (Å²) in [5.74, 6) is 0.748. The predicted octanol–water partition coefficient (Wildman–Crippen LogP) is 3.85. The van der Waals surface area contributed by atoms with E-state index < -0.39 is 0 Å². The summed E-state index contributed by atoms with van der Waals surface area (Å²) in [4.78, 5) is 12.1. The maximum absolute atomic E-state index is 12.1. The van der Waals surface area contributed by atoms with Crippen LogP contribution in [0.1, 0.15) is 28.9 Å². The van der Waals surface area contributed by atoms with Crippen LogP contribution < -0.4 is 10.1 Å². The van der Waals surface area contributed by atoms with Gasteiger partial charge in [0.05, 0.1) is 21.6 Å². The van der Waals surface area contributed by atoms with E-state index in [9.17, 15) is 4.79 Å². The lowest BCUT2D eigenvalue weighted by Crippen LogP contribution is -2.26. The van der Waals surface area contributed by atoms with Crippen LogP contribution in [0.4, 0.5) is 0 Å². The summed E-state index contributed by atoms with van der Waals surface area (Å²) in [6.45, 7) is 1.96. The van der Waals surface area contributed by atoms with Gasteiger partial charge in [0.2, 0.25) is 0 Å². The lowest BCUT2D eigenvalue weighted by molar-refractivity contribution is 0.0940. The van der Waals surface area contributed by atoms with Crippen molar-refractivity contribution < 1.29 is 9.53 Å². The molecule has 3 nitrogen and oxygen atoms in total.